The second kappa shape index (κ2) is 5.08. The lowest BCUT2D eigenvalue weighted by atomic mass is 10.0. The molecule has 0 aliphatic heterocycles. The molecule has 0 fully saturated rings. The number of rotatable bonds is 3. The minimum atomic E-state index is 0.834. The number of aryl methyl sites for hydroxylation is 2. The third kappa shape index (κ3) is 2.30. The Morgan fingerprint density at radius 3 is 2.22 bits per heavy atom. The van der Waals surface area contributed by atoms with Gasteiger partial charge in [0, 0.05) is 23.5 Å². The molecule has 0 amide bonds. The van der Waals surface area contributed by atoms with E-state index in [-0.39, 0.29) is 0 Å². The van der Waals surface area contributed by atoms with Crippen molar-refractivity contribution >= 4 is 0 Å². The topological polar surface area (TPSA) is 31.4 Å². The number of aromatic nitrogens is 1. The highest BCUT2D eigenvalue weighted by atomic mass is 16.5. The van der Waals surface area contributed by atoms with E-state index >= 15 is 0 Å². The van der Waals surface area contributed by atoms with E-state index < -0.39 is 0 Å². The lowest BCUT2D eigenvalue weighted by Crippen LogP contribution is -1.94. The summed E-state index contributed by atoms with van der Waals surface area (Å²) in [5.74, 6) is 1.69. The van der Waals surface area contributed by atoms with Crippen LogP contribution in [-0.4, -0.2) is 19.2 Å². The van der Waals surface area contributed by atoms with E-state index in [0.29, 0.717) is 0 Å². The Morgan fingerprint density at radius 1 is 0.889 bits per heavy atom. The van der Waals surface area contributed by atoms with Gasteiger partial charge in [-0.1, -0.05) is 0 Å². The molecule has 0 spiro atoms. The van der Waals surface area contributed by atoms with Crippen LogP contribution in [-0.2, 0) is 0 Å². The maximum absolute atomic E-state index is 5.44. The summed E-state index contributed by atoms with van der Waals surface area (Å²) in [7, 11) is 3.35. The summed E-state index contributed by atoms with van der Waals surface area (Å²) in [5.41, 5.74) is 4.20. The van der Waals surface area contributed by atoms with Crippen LogP contribution in [0.4, 0.5) is 0 Å². The van der Waals surface area contributed by atoms with Crippen molar-refractivity contribution < 1.29 is 9.47 Å². The molecular weight excluding hydrogens is 226 g/mol. The average Bonchev–Trinajstić information content (AvgIpc) is 2.38. The molecule has 0 atom stereocenters. The average molecular weight is 243 g/mol. The third-order valence-corrected chi connectivity index (χ3v) is 2.90. The van der Waals surface area contributed by atoms with Crippen LogP contribution in [0.15, 0.2) is 30.6 Å². The highest BCUT2D eigenvalue weighted by molar-refractivity contribution is 5.72. The molecule has 0 aliphatic rings. The summed E-state index contributed by atoms with van der Waals surface area (Å²) in [6, 6.07) is 6.06. The molecule has 2 aromatic rings. The SMILES string of the molecule is COc1cc(-c2cncc(C)c2)c(OC)cc1C. The van der Waals surface area contributed by atoms with Gasteiger partial charge in [-0.15, -0.1) is 0 Å². The normalized spacial score (nSPS) is 10.2. The Bertz CT molecular complexity index is 564. The van der Waals surface area contributed by atoms with Crippen LogP contribution < -0.4 is 9.47 Å². The standard InChI is InChI=1S/C15H17NO2/c1-10-5-12(9-16-8-10)13-7-14(17-3)11(2)6-15(13)18-4/h5-9H,1-4H3. The van der Waals surface area contributed by atoms with Crippen molar-refractivity contribution in [3.05, 3.63) is 41.7 Å². The maximum atomic E-state index is 5.44. The van der Waals surface area contributed by atoms with Crippen LogP contribution in [0.25, 0.3) is 11.1 Å². The molecule has 0 saturated heterocycles. The van der Waals surface area contributed by atoms with E-state index in [9.17, 15) is 0 Å². The molecule has 1 aromatic carbocycles. The van der Waals surface area contributed by atoms with Gasteiger partial charge in [0.25, 0.3) is 0 Å². The maximum Gasteiger partial charge on any atom is 0.127 e. The first kappa shape index (κ1) is 12.4. The highest BCUT2D eigenvalue weighted by Gasteiger charge is 2.10. The molecule has 94 valence electrons. The summed E-state index contributed by atoms with van der Waals surface area (Å²) in [5, 5.41) is 0. The minimum absolute atomic E-state index is 0.834. The predicted molar refractivity (Wildman–Crippen MR) is 72.3 cm³/mol. The molecule has 0 unspecified atom stereocenters. The van der Waals surface area contributed by atoms with E-state index in [1.165, 1.54) is 0 Å². The molecule has 0 N–H and O–H groups in total. The number of methoxy groups -OCH3 is 2. The fourth-order valence-corrected chi connectivity index (χ4v) is 1.98. The lowest BCUT2D eigenvalue weighted by molar-refractivity contribution is 0.402. The number of benzene rings is 1. The lowest BCUT2D eigenvalue weighted by Gasteiger charge is -2.13. The largest absolute Gasteiger partial charge is 0.496 e. The molecule has 3 nitrogen and oxygen atoms in total. The fourth-order valence-electron chi connectivity index (χ4n) is 1.98. The van der Waals surface area contributed by atoms with Crippen molar-refractivity contribution in [3.8, 4) is 22.6 Å². The van der Waals surface area contributed by atoms with Gasteiger partial charge in [0.1, 0.15) is 11.5 Å². The molecule has 0 saturated carbocycles. The van der Waals surface area contributed by atoms with Crippen molar-refractivity contribution in [2.24, 2.45) is 0 Å². The molecule has 2 rings (SSSR count). The zero-order valence-corrected chi connectivity index (χ0v) is 11.2. The Kier molecular flexibility index (Phi) is 3.51. The van der Waals surface area contributed by atoms with Crippen LogP contribution in [0, 0.1) is 13.8 Å². The van der Waals surface area contributed by atoms with Crippen LogP contribution in [0.1, 0.15) is 11.1 Å². The quantitative estimate of drug-likeness (QED) is 0.828. The monoisotopic (exact) mass is 243 g/mol. The molecule has 1 aromatic heterocycles. The van der Waals surface area contributed by atoms with Crippen molar-refractivity contribution in [1.82, 2.24) is 4.98 Å². The Morgan fingerprint density at radius 2 is 1.61 bits per heavy atom. The summed E-state index contributed by atoms with van der Waals surface area (Å²) in [4.78, 5) is 4.22. The Hall–Kier alpha value is -2.03. The third-order valence-electron chi connectivity index (χ3n) is 2.90. The van der Waals surface area contributed by atoms with Crippen molar-refractivity contribution in [2.45, 2.75) is 13.8 Å². The van der Waals surface area contributed by atoms with Gasteiger partial charge in [0.05, 0.1) is 14.2 Å². The number of hydrogen-bond acceptors (Lipinski definition) is 3. The van der Waals surface area contributed by atoms with Crippen molar-refractivity contribution in [3.63, 3.8) is 0 Å². The number of hydrogen-bond donors (Lipinski definition) is 0. The Labute approximate surface area is 107 Å². The van der Waals surface area contributed by atoms with Crippen LogP contribution in [0.3, 0.4) is 0 Å². The fraction of sp³-hybridized carbons (Fsp3) is 0.267. The van der Waals surface area contributed by atoms with Gasteiger partial charge in [-0.25, -0.2) is 0 Å². The first-order chi connectivity index (χ1) is 8.65. The summed E-state index contributed by atoms with van der Waals surface area (Å²) in [6.45, 7) is 4.02. The van der Waals surface area contributed by atoms with Gasteiger partial charge in [-0.05, 0) is 43.2 Å². The van der Waals surface area contributed by atoms with Crippen LogP contribution in [0.2, 0.25) is 0 Å². The summed E-state index contributed by atoms with van der Waals surface area (Å²) < 4.78 is 10.8. The van der Waals surface area contributed by atoms with Crippen LogP contribution in [0.5, 0.6) is 11.5 Å². The summed E-state index contributed by atoms with van der Waals surface area (Å²) in [6.07, 6.45) is 3.67. The van der Waals surface area contributed by atoms with Gasteiger partial charge in [-0.3, -0.25) is 4.98 Å². The predicted octanol–water partition coefficient (Wildman–Crippen LogP) is 3.38. The molecule has 0 bridgehead atoms. The first-order valence-corrected chi connectivity index (χ1v) is 5.80. The molecular formula is C15H17NO2. The molecule has 0 radical (unpaired) electrons. The van der Waals surface area contributed by atoms with E-state index in [4.69, 9.17) is 9.47 Å². The van der Waals surface area contributed by atoms with Gasteiger partial charge in [0.2, 0.25) is 0 Å². The molecule has 0 aliphatic carbocycles. The zero-order chi connectivity index (χ0) is 13.1. The smallest absolute Gasteiger partial charge is 0.127 e. The molecule has 1 heterocycles. The van der Waals surface area contributed by atoms with Gasteiger partial charge in [0.15, 0.2) is 0 Å². The summed E-state index contributed by atoms with van der Waals surface area (Å²) >= 11 is 0. The number of nitrogens with zero attached hydrogens (tertiary/aromatic N) is 1. The minimum Gasteiger partial charge on any atom is -0.496 e. The van der Waals surface area contributed by atoms with Crippen molar-refractivity contribution in [1.29, 1.82) is 0 Å². The van der Waals surface area contributed by atoms with E-state index in [1.807, 2.05) is 38.4 Å². The highest BCUT2D eigenvalue weighted by Crippen LogP contribution is 2.35. The van der Waals surface area contributed by atoms with E-state index in [2.05, 4.69) is 11.1 Å². The second-order valence-electron chi connectivity index (χ2n) is 4.27. The first-order valence-electron chi connectivity index (χ1n) is 5.80. The molecule has 18 heavy (non-hydrogen) atoms. The Balaban J connectivity index is 2.61. The van der Waals surface area contributed by atoms with Gasteiger partial charge < -0.3 is 9.47 Å². The second-order valence-corrected chi connectivity index (χ2v) is 4.27. The van der Waals surface area contributed by atoms with E-state index in [0.717, 1.165) is 33.8 Å². The zero-order valence-electron chi connectivity index (χ0n) is 11.2. The molecule has 3 heteroatoms. The van der Waals surface area contributed by atoms with E-state index in [1.54, 1.807) is 14.2 Å². The van der Waals surface area contributed by atoms with Crippen LogP contribution >= 0.6 is 0 Å². The number of pyridine rings is 1. The van der Waals surface area contributed by atoms with Crippen molar-refractivity contribution in [2.75, 3.05) is 14.2 Å². The van der Waals surface area contributed by atoms with Gasteiger partial charge >= 0.3 is 0 Å². The number of ether oxygens (including phenoxy) is 2. The van der Waals surface area contributed by atoms with Gasteiger partial charge in [-0.2, -0.15) is 0 Å².